The summed E-state index contributed by atoms with van der Waals surface area (Å²) in [6.45, 7) is 4.37. The zero-order chi connectivity index (χ0) is 13.3. The first-order valence-corrected chi connectivity index (χ1v) is 7.02. The standard InChI is InChI=1S/C15H22ClNO/c1-10(2)11-8-14(18-3)13(16)9-12(11)15(17)6-4-5-7-15/h8-10H,4-7,17H2,1-3H3. The minimum absolute atomic E-state index is 0.199. The highest BCUT2D eigenvalue weighted by Gasteiger charge is 2.34. The van der Waals surface area contributed by atoms with Crippen LogP contribution in [0.2, 0.25) is 5.02 Å². The minimum Gasteiger partial charge on any atom is -0.495 e. The number of hydrogen-bond acceptors (Lipinski definition) is 2. The monoisotopic (exact) mass is 267 g/mol. The van der Waals surface area contributed by atoms with Gasteiger partial charge in [0.25, 0.3) is 0 Å². The van der Waals surface area contributed by atoms with Crippen molar-refractivity contribution in [1.82, 2.24) is 0 Å². The summed E-state index contributed by atoms with van der Waals surface area (Å²) >= 11 is 6.27. The van der Waals surface area contributed by atoms with Gasteiger partial charge in [0, 0.05) is 5.54 Å². The van der Waals surface area contributed by atoms with Crippen molar-refractivity contribution in [3.8, 4) is 5.75 Å². The van der Waals surface area contributed by atoms with Gasteiger partial charge in [0.2, 0.25) is 0 Å². The van der Waals surface area contributed by atoms with Gasteiger partial charge in [0.15, 0.2) is 0 Å². The Balaban J connectivity index is 2.54. The molecule has 0 atom stereocenters. The molecule has 2 nitrogen and oxygen atoms in total. The summed E-state index contributed by atoms with van der Waals surface area (Å²) in [5.41, 5.74) is 8.85. The zero-order valence-corrected chi connectivity index (χ0v) is 12.2. The molecule has 0 aromatic heterocycles. The Bertz CT molecular complexity index is 436. The second-order valence-corrected chi connectivity index (χ2v) is 6.00. The molecule has 3 heteroatoms. The molecule has 2 rings (SSSR count). The lowest BCUT2D eigenvalue weighted by Gasteiger charge is -2.29. The molecular weight excluding hydrogens is 246 g/mol. The fourth-order valence-corrected chi connectivity index (χ4v) is 3.15. The molecule has 1 aromatic rings. The van der Waals surface area contributed by atoms with Crippen molar-refractivity contribution < 1.29 is 4.74 Å². The third kappa shape index (κ3) is 2.36. The van der Waals surface area contributed by atoms with Crippen LogP contribution in [0, 0.1) is 0 Å². The first-order valence-electron chi connectivity index (χ1n) is 6.65. The van der Waals surface area contributed by atoms with E-state index < -0.39 is 0 Å². The molecule has 100 valence electrons. The molecule has 1 aliphatic carbocycles. The van der Waals surface area contributed by atoms with E-state index in [2.05, 4.69) is 19.9 Å². The molecule has 1 fully saturated rings. The maximum Gasteiger partial charge on any atom is 0.137 e. The van der Waals surface area contributed by atoms with Crippen LogP contribution in [-0.4, -0.2) is 7.11 Å². The van der Waals surface area contributed by atoms with Crippen LogP contribution in [0.1, 0.15) is 56.6 Å². The Morgan fingerprint density at radius 2 is 1.89 bits per heavy atom. The molecule has 0 unspecified atom stereocenters. The van der Waals surface area contributed by atoms with Gasteiger partial charge in [-0.2, -0.15) is 0 Å². The SMILES string of the molecule is COc1cc(C(C)C)c(C2(N)CCCC2)cc1Cl. The van der Waals surface area contributed by atoms with E-state index >= 15 is 0 Å². The van der Waals surface area contributed by atoms with Crippen molar-refractivity contribution in [3.63, 3.8) is 0 Å². The molecule has 0 bridgehead atoms. The smallest absolute Gasteiger partial charge is 0.137 e. The van der Waals surface area contributed by atoms with Crippen molar-refractivity contribution in [2.24, 2.45) is 5.73 Å². The summed E-state index contributed by atoms with van der Waals surface area (Å²) in [6, 6.07) is 4.07. The molecule has 0 heterocycles. The normalized spacial score (nSPS) is 18.3. The van der Waals surface area contributed by atoms with Crippen LogP contribution >= 0.6 is 11.6 Å². The summed E-state index contributed by atoms with van der Waals surface area (Å²) in [7, 11) is 1.65. The molecule has 2 N–H and O–H groups in total. The van der Waals surface area contributed by atoms with E-state index in [9.17, 15) is 0 Å². The third-order valence-electron chi connectivity index (χ3n) is 3.98. The average molecular weight is 268 g/mol. The van der Waals surface area contributed by atoms with Crippen LogP contribution in [0.25, 0.3) is 0 Å². The quantitative estimate of drug-likeness (QED) is 0.891. The molecule has 1 aromatic carbocycles. The fourth-order valence-electron chi connectivity index (χ4n) is 2.91. The second kappa shape index (κ2) is 5.10. The van der Waals surface area contributed by atoms with E-state index in [-0.39, 0.29) is 5.54 Å². The Morgan fingerprint density at radius 1 is 1.28 bits per heavy atom. The Hall–Kier alpha value is -0.730. The highest BCUT2D eigenvalue weighted by Crippen LogP contribution is 2.43. The maximum absolute atomic E-state index is 6.58. The average Bonchev–Trinajstić information content (AvgIpc) is 2.76. The molecular formula is C15H22ClNO. The van der Waals surface area contributed by atoms with Gasteiger partial charge < -0.3 is 10.5 Å². The summed E-state index contributed by atoms with van der Waals surface area (Å²) < 4.78 is 5.31. The summed E-state index contributed by atoms with van der Waals surface area (Å²) in [4.78, 5) is 0. The predicted octanol–water partition coefficient (Wildman–Crippen LogP) is 4.20. The van der Waals surface area contributed by atoms with Gasteiger partial charge in [0.1, 0.15) is 5.75 Å². The molecule has 0 radical (unpaired) electrons. The van der Waals surface area contributed by atoms with Gasteiger partial charge in [0.05, 0.1) is 12.1 Å². The maximum atomic E-state index is 6.58. The van der Waals surface area contributed by atoms with Crippen molar-refractivity contribution in [1.29, 1.82) is 0 Å². The highest BCUT2D eigenvalue weighted by molar-refractivity contribution is 6.32. The van der Waals surface area contributed by atoms with Gasteiger partial charge in [-0.05, 0) is 42.0 Å². The van der Waals surface area contributed by atoms with Gasteiger partial charge >= 0.3 is 0 Å². The van der Waals surface area contributed by atoms with Crippen molar-refractivity contribution in [2.75, 3.05) is 7.11 Å². The van der Waals surface area contributed by atoms with Gasteiger partial charge in [-0.3, -0.25) is 0 Å². The zero-order valence-electron chi connectivity index (χ0n) is 11.4. The van der Waals surface area contributed by atoms with Crippen LogP contribution in [0.4, 0.5) is 0 Å². The lowest BCUT2D eigenvalue weighted by atomic mass is 9.82. The van der Waals surface area contributed by atoms with Gasteiger partial charge in [-0.15, -0.1) is 0 Å². The second-order valence-electron chi connectivity index (χ2n) is 5.59. The van der Waals surface area contributed by atoms with E-state index in [4.69, 9.17) is 22.1 Å². The van der Waals surface area contributed by atoms with Crippen LogP contribution < -0.4 is 10.5 Å². The summed E-state index contributed by atoms with van der Waals surface area (Å²) in [6.07, 6.45) is 4.51. The van der Waals surface area contributed by atoms with Crippen molar-refractivity contribution in [3.05, 3.63) is 28.3 Å². The lowest BCUT2D eigenvalue weighted by molar-refractivity contribution is 0.411. The number of rotatable bonds is 3. The van der Waals surface area contributed by atoms with E-state index in [0.29, 0.717) is 10.9 Å². The largest absolute Gasteiger partial charge is 0.495 e. The molecule has 0 amide bonds. The van der Waals surface area contributed by atoms with Crippen LogP contribution in [0.15, 0.2) is 12.1 Å². The number of hydrogen-bond donors (Lipinski definition) is 1. The molecule has 0 spiro atoms. The van der Waals surface area contributed by atoms with Crippen LogP contribution in [0.5, 0.6) is 5.75 Å². The van der Waals surface area contributed by atoms with Gasteiger partial charge in [-0.1, -0.05) is 38.3 Å². The molecule has 0 saturated heterocycles. The Morgan fingerprint density at radius 3 is 2.39 bits per heavy atom. The molecule has 1 aliphatic rings. The summed E-state index contributed by atoms with van der Waals surface area (Å²) in [5.74, 6) is 1.16. The Kier molecular flexibility index (Phi) is 3.88. The van der Waals surface area contributed by atoms with E-state index in [1.54, 1.807) is 7.11 Å². The lowest BCUT2D eigenvalue weighted by Crippen LogP contribution is -2.34. The molecule has 18 heavy (non-hydrogen) atoms. The first-order chi connectivity index (χ1) is 8.48. The molecule has 0 aliphatic heterocycles. The number of benzene rings is 1. The van der Waals surface area contributed by atoms with Crippen molar-refractivity contribution in [2.45, 2.75) is 51.0 Å². The fraction of sp³-hybridized carbons (Fsp3) is 0.600. The summed E-state index contributed by atoms with van der Waals surface area (Å²) in [5, 5.41) is 0.661. The van der Waals surface area contributed by atoms with E-state index in [0.717, 1.165) is 18.6 Å². The number of halogens is 1. The minimum atomic E-state index is -0.199. The van der Waals surface area contributed by atoms with Crippen LogP contribution in [-0.2, 0) is 5.54 Å². The van der Waals surface area contributed by atoms with Gasteiger partial charge in [-0.25, -0.2) is 0 Å². The highest BCUT2D eigenvalue weighted by atomic mass is 35.5. The van der Waals surface area contributed by atoms with E-state index in [1.165, 1.54) is 24.0 Å². The number of ether oxygens (including phenoxy) is 1. The number of nitrogens with two attached hydrogens (primary N) is 1. The third-order valence-corrected chi connectivity index (χ3v) is 4.27. The molecule has 1 saturated carbocycles. The first kappa shape index (κ1) is 13.7. The Labute approximate surface area is 114 Å². The topological polar surface area (TPSA) is 35.2 Å². The number of methoxy groups -OCH3 is 1. The van der Waals surface area contributed by atoms with Crippen LogP contribution in [0.3, 0.4) is 0 Å². The van der Waals surface area contributed by atoms with Crippen molar-refractivity contribution >= 4 is 11.6 Å². The predicted molar refractivity (Wildman–Crippen MR) is 76.4 cm³/mol. The van der Waals surface area contributed by atoms with E-state index in [1.807, 2.05) is 6.07 Å².